The minimum absolute atomic E-state index is 0.115. The van der Waals surface area contributed by atoms with E-state index in [1.54, 1.807) is 20.0 Å². The fourth-order valence-corrected chi connectivity index (χ4v) is 2.03. The molecule has 5 heteroatoms. The van der Waals surface area contributed by atoms with Crippen LogP contribution in [0.4, 0.5) is 5.69 Å². The number of pyridine rings is 1. The van der Waals surface area contributed by atoms with Crippen molar-refractivity contribution in [1.82, 2.24) is 4.98 Å². The van der Waals surface area contributed by atoms with Crippen molar-refractivity contribution in [3.8, 4) is 0 Å². The van der Waals surface area contributed by atoms with E-state index in [4.69, 9.17) is 0 Å². The number of amides is 1. The first-order valence-electron chi connectivity index (χ1n) is 5.73. The molecule has 4 nitrogen and oxygen atoms in total. The van der Waals surface area contributed by atoms with Gasteiger partial charge in [0.15, 0.2) is 0 Å². The Kier molecular flexibility index (Phi) is 3.85. The highest BCUT2D eigenvalue weighted by Crippen LogP contribution is 2.16. The van der Waals surface area contributed by atoms with Crippen LogP contribution >= 0.6 is 15.9 Å². The van der Waals surface area contributed by atoms with E-state index in [2.05, 4.69) is 20.9 Å². The zero-order valence-electron chi connectivity index (χ0n) is 10.6. The molecular formula is C14H13BrN2O2. The first-order chi connectivity index (χ1) is 9.00. The zero-order valence-corrected chi connectivity index (χ0v) is 12.2. The molecule has 0 aliphatic rings. The monoisotopic (exact) mass is 320 g/mol. The first kappa shape index (κ1) is 13.5. The highest BCUT2D eigenvalue weighted by Gasteiger charge is 2.17. The number of hydrogen-bond donors (Lipinski definition) is 1. The second-order valence-corrected chi connectivity index (χ2v) is 5.04. The van der Waals surface area contributed by atoms with Crippen LogP contribution in [-0.2, 0) is 0 Å². The fraction of sp³-hybridized carbons (Fsp3) is 0.143. The van der Waals surface area contributed by atoms with Crippen LogP contribution in [0.5, 0.6) is 0 Å². The Hall–Kier alpha value is -1.88. The van der Waals surface area contributed by atoms with Crippen LogP contribution in [0.25, 0.3) is 0 Å². The van der Waals surface area contributed by atoms with Gasteiger partial charge in [0.25, 0.3) is 11.5 Å². The average Bonchev–Trinajstić information content (AvgIpc) is 2.42. The number of aromatic nitrogens is 1. The summed E-state index contributed by atoms with van der Waals surface area (Å²) in [5.41, 5.74) is 1.17. The van der Waals surface area contributed by atoms with Gasteiger partial charge in [-0.3, -0.25) is 9.59 Å². The molecule has 0 saturated heterocycles. The fourth-order valence-electron chi connectivity index (χ4n) is 1.71. The maximum Gasteiger partial charge on any atom is 0.263 e. The van der Waals surface area contributed by atoms with Gasteiger partial charge in [-0.2, -0.15) is 0 Å². The lowest BCUT2D eigenvalue weighted by Gasteiger charge is -2.17. The molecule has 0 aliphatic carbocycles. The van der Waals surface area contributed by atoms with Gasteiger partial charge < -0.3 is 9.88 Å². The third-order valence-electron chi connectivity index (χ3n) is 2.85. The molecule has 19 heavy (non-hydrogen) atoms. The van der Waals surface area contributed by atoms with Gasteiger partial charge in [-0.1, -0.05) is 18.2 Å². The number of benzene rings is 1. The number of hydrogen-bond acceptors (Lipinski definition) is 2. The predicted molar refractivity (Wildman–Crippen MR) is 78.7 cm³/mol. The minimum atomic E-state index is -0.381. The number of nitrogens with one attached hydrogen (secondary N) is 1. The molecule has 0 aliphatic heterocycles. The lowest BCUT2D eigenvalue weighted by molar-refractivity contribution is 0.0991. The summed E-state index contributed by atoms with van der Waals surface area (Å²) in [4.78, 5) is 28.3. The van der Waals surface area contributed by atoms with Crippen LogP contribution in [0.3, 0.4) is 0 Å². The van der Waals surface area contributed by atoms with Gasteiger partial charge in [-0.25, -0.2) is 0 Å². The van der Waals surface area contributed by atoms with E-state index in [-0.39, 0.29) is 17.0 Å². The molecule has 1 aromatic heterocycles. The Balaban J connectivity index is 2.40. The predicted octanol–water partition coefficient (Wildman–Crippen LogP) is 2.72. The highest BCUT2D eigenvalue weighted by molar-refractivity contribution is 9.10. The molecule has 1 amide bonds. The Labute approximate surface area is 119 Å². The van der Waals surface area contributed by atoms with Crippen molar-refractivity contribution < 1.29 is 4.79 Å². The summed E-state index contributed by atoms with van der Waals surface area (Å²) in [5, 5.41) is 0. The van der Waals surface area contributed by atoms with E-state index in [9.17, 15) is 9.59 Å². The summed E-state index contributed by atoms with van der Waals surface area (Å²) in [6.07, 6.45) is 0. The van der Waals surface area contributed by atoms with Crippen molar-refractivity contribution in [2.24, 2.45) is 0 Å². The summed E-state index contributed by atoms with van der Waals surface area (Å²) >= 11 is 3.31. The average molecular weight is 321 g/mol. The summed E-state index contributed by atoms with van der Waals surface area (Å²) < 4.78 is 0.705. The maximum atomic E-state index is 12.3. The lowest BCUT2D eigenvalue weighted by Crippen LogP contribution is -2.31. The number of carbonyl (C=O) groups excluding carboxylic acids is 1. The van der Waals surface area contributed by atoms with Crippen LogP contribution in [0.15, 0.2) is 45.7 Å². The number of aryl methyl sites for hydroxylation is 1. The molecular weight excluding hydrogens is 308 g/mol. The number of halogens is 1. The Bertz CT molecular complexity index is 665. The molecule has 0 unspecified atom stereocenters. The molecule has 0 fully saturated rings. The smallest absolute Gasteiger partial charge is 0.263 e. The normalized spacial score (nSPS) is 10.3. The zero-order chi connectivity index (χ0) is 14.0. The van der Waals surface area contributed by atoms with Crippen molar-refractivity contribution in [3.63, 3.8) is 0 Å². The number of aromatic amines is 1. The van der Waals surface area contributed by atoms with E-state index >= 15 is 0 Å². The Morgan fingerprint density at radius 2 is 1.89 bits per heavy atom. The number of nitrogens with zero attached hydrogens (tertiary/aromatic N) is 1. The maximum absolute atomic E-state index is 12.3. The molecule has 0 spiro atoms. The molecule has 1 N–H and O–H groups in total. The minimum Gasteiger partial charge on any atom is -0.325 e. The lowest BCUT2D eigenvalue weighted by atomic mass is 10.2. The summed E-state index contributed by atoms with van der Waals surface area (Å²) in [5.74, 6) is -0.340. The standard InChI is InChI=1S/C14H13BrN2O2/c1-9-12(15)8-11(13(18)16-9)14(19)17(2)10-6-4-3-5-7-10/h3-8H,1-2H3,(H,16,18). The summed E-state index contributed by atoms with van der Waals surface area (Å²) in [7, 11) is 1.64. The molecule has 2 aromatic rings. The molecule has 0 radical (unpaired) electrons. The van der Waals surface area contributed by atoms with Crippen molar-refractivity contribution in [3.05, 3.63) is 62.5 Å². The highest BCUT2D eigenvalue weighted by atomic mass is 79.9. The van der Waals surface area contributed by atoms with Gasteiger partial charge in [-0.15, -0.1) is 0 Å². The summed E-state index contributed by atoms with van der Waals surface area (Å²) in [6.45, 7) is 1.76. The SMILES string of the molecule is Cc1[nH]c(=O)c(C(=O)N(C)c2ccccc2)cc1Br. The Morgan fingerprint density at radius 3 is 2.53 bits per heavy atom. The summed E-state index contributed by atoms with van der Waals surface area (Å²) in [6, 6.07) is 10.7. The Morgan fingerprint density at radius 1 is 1.26 bits per heavy atom. The van der Waals surface area contributed by atoms with Crippen molar-refractivity contribution in [1.29, 1.82) is 0 Å². The van der Waals surface area contributed by atoms with Crippen molar-refractivity contribution >= 4 is 27.5 Å². The van der Waals surface area contributed by atoms with Gasteiger partial charge in [-0.05, 0) is 41.1 Å². The molecule has 0 bridgehead atoms. The van der Waals surface area contributed by atoms with E-state index < -0.39 is 0 Å². The van der Waals surface area contributed by atoms with Crippen molar-refractivity contribution in [2.75, 3.05) is 11.9 Å². The van der Waals surface area contributed by atoms with E-state index in [1.165, 1.54) is 4.90 Å². The number of H-pyrrole nitrogens is 1. The number of rotatable bonds is 2. The number of carbonyl (C=O) groups is 1. The molecule has 0 atom stereocenters. The topological polar surface area (TPSA) is 53.2 Å². The molecule has 0 saturated carbocycles. The van der Waals surface area contributed by atoms with Gasteiger partial charge in [0, 0.05) is 22.9 Å². The van der Waals surface area contributed by atoms with E-state index in [0.717, 1.165) is 5.69 Å². The molecule has 1 heterocycles. The van der Waals surface area contributed by atoms with E-state index in [1.807, 2.05) is 30.3 Å². The van der Waals surface area contributed by atoms with Crippen LogP contribution in [0.1, 0.15) is 16.1 Å². The van der Waals surface area contributed by atoms with Gasteiger partial charge >= 0.3 is 0 Å². The van der Waals surface area contributed by atoms with Crippen LogP contribution < -0.4 is 10.5 Å². The molecule has 1 aromatic carbocycles. The third-order valence-corrected chi connectivity index (χ3v) is 3.68. The van der Waals surface area contributed by atoms with E-state index in [0.29, 0.717) is 10.2 Å². The second-order valence-electron chi connectivity index (χ2n) is 4.18. The largest absolute Gasteiger partial charge is 0.325 e. The van der Waals surface area contributed by atoms with Gasteiger partial charge in [0.2, 0.25) is 0 Å². The van der Waals surface area contributed by atoms with Crippen LogP contribution in [0.2, 0.25) is 0 Å². The van der Waals surface area contributed by atoms with Gasteiger partial charge in [0.1, 0.15) is 5.56 Å². The third kappa shape index (κ3) is 2.76. The quantitative estimate of drug-likeness (QED) is 0.925. The number of anilines is 1. The molecule has 2 rings (SSSR count). The second kappa shape index (κ2) is 5.40. The first-order valence-corrected chi connectivity index (χ1v) is 6.52. The van der Waals surface area contributed by atoms with Crippen LogP contribution in [-0.4, -0.2) is 17.9 Å². The van der Waals surface area contributed by atoms with Gasteiger partial charge in [0.05, 0.1) is 0 Å². The number of para-hydroxylation sites is 1. The van der Waals surface area contributed by atoms with Crippen LogP contribution in [0, 0.1) is 6.92 Å². The van der Waals surface area contributed by atoms with Crippen molar-refractivity contribution in [2.45, 2.75) is 6.92 Å². The molecule has 98 valence electrons.